The van der Waals surface area contributed by atoms with Crippen LogP contribution in [0.2, 0.25) is 0 Å². The first-order valence-electron chi connectivity index (χ1n) is 12.1. The number of amides is 1. The van der Waals surface area contributed by atoms with Gasteiger partial charge in [0.1, 0.15) is 18.4 Å². The van der Waals surface area contributed by atoms with Crippen LogP contribution in [0.5, 0.6) is 0 Å². The average molecular weight is 550 g/mol. The van der Waals surface area contributed by atoms with E-state index in [9.17, 15) is 24.0 Å². The molecule has 1 saturated heterocycles. The minimum atomic E-state index is -1.34. The molecule has 15 nitrogen and oxygen atoms in total. The second kappa shape index (κ2) is 13.5. The number of hydrogen-bond donors (Lipinski definition) is 1. The molecule has 3 rings (SSSR count). The molecule has 15 heteroatoms. The number of rotatable bonds is 11. The number of nitrogens with zero attached hydrogens (tertiary/aromatic N) is 4. The van der Waals surface area contributed by atoms with Crippen molar-refractivity contribution in [2.45, 2.75) is 77.8 Å². The predicted molar refractivity (Wildman–Crippen MR) is 128 cm³/mol. The van der Waals surface area contributed by atoms with Gasteiger partial charge < -0.3 is 33.6 Å². The molecule has 0 aliphatic carbocycles. The molecule has 2 aromatic heterocycles. The van der Waals surface area contributed by atoms with E-state index >= 15 is 0 Å². The van der Waals surface area contributed by atoms with Gasteiger partial charge in [-0.3, -0.25) is 24.0 Å². The summed E-state index contributed by atoms with van der Waals surface area (Å²) in [6.45, 7) is 4.79. The van der Waals surface area contributed by atoms with Gasteiger partial charge in [0, 0.05) is 53.1 Å². The van der Waals surface area contributed by atoms with E-state index in [2.05, 4.69) is 15.6 Å². The van der Waals surface area contributed by atoms with Crippen LogP contribution in [-0.2, 0) is 60.7 Å². The smallest absolute Gasteiger partial charge is 0.303 e. The second-order valence-corrected chi connectivity index (χ2v) is 8.73. The highest BCUT2D eigenvalue weighted by Crippen LogP contribution is 2.34. The fraction of sp³-hybridized carbons (Fsp3) is 0.542. The Hall–Kier alpha value is -4.27. The quantitative estimate of drug-likeness (QED) is 0.294. The minimum absolute atomic E-state index is 0.0514. The Kier molecular flexibility index (Phi) is 10.1. The van der Waals surface area contributed by atoms with Crippen LogP contribution >= 0.6 is 0 Å². The van der Waals surface area contributed by atoms with Gasteiger partial charge in [0.15, 0.2) is 24.5 Å². The lowest BCUT2D eigenvalue weighted by atomic mass is 9.97. The Morgan fingerprint density at radius 2 is 1.51 bits per heavy atom. The van der Waals surface area contributed by atoms with Gasteiger partial charge in [0.05, 0.1) is 12.7 Å². The molecule has 0 spiro atoms. The maximum atomic E-state index is 12.2. The van der Waals surface area contributed by atoms with Crippen LogP contribution in [0, 0.1) is 0 Å². The Bertz CT molecular complexity index is 1160. The molecule has 0 saturated carbocycles. The number of aromatic nitrogens is 4. The van der Waals surface area contributed by atoms with Crippen molar-refractivity contribution in [1.29, 1.82) is 0 Å². The van der Waals surface area contributed by atoms with Crippen molar-refractivity contribution < 1.29 is 47.7 Å². The summed E-state index contributed by atoms with van der Waals surface area (Å²) in [6.07, 6.45) is -0.884. The van der Waals surface area contributed by atoms with Crippen LogP contribution in [0.3, 0.4) is 0 Å². The van der Waals surface area contributed by atoms with Crippen molar-refractivity contribution in [2.24, 2.45) is 0 Å². The molecule has 1 aliphatic rings. The van der Waals surface area contributed by atoms with Gasteiger partial charge in [-0.05, 0) is 12.1 Å². The summed E-state index contributed by atoms with van der Waals surface area (Å²) in [5.74, 6) is -3.04. The maximum Gasteiger partial charge on any atom is 0.303 e. The average Bonchev–Trinajstić information content (AvgIpc) is 3.54. The first-order valence-corrected chi connectivity index (χ1v) is 12.1. The summed E-state index contributed by atoms with van der Waals surface area (Å²) in [5, 5.41) is 10.8. The molecular formula is C24H31N5O10. The number of esters is 4. The highest BCUT2D eigenvalue weighted by atomic mass is 16.7. The molecular weight excluding hydrogens is 518 g/mol. The minimum Gasteiger partial charge on any atom is -0.463 e. The number of aryl methyl sites for hydroxylation is 1. The number of nitrogens with one attached hydrogen (secondary N) is 1. The van der Waals surface area contributed by atoms with Crippen molar-refractivity contribution in [2.75, 3.05) is 6.61 Å². The molecule has 5 atom stereocenters. The summed E-state index contributed by atoms with van der Waals surface area (Å²) < 4.78 is 30.4. The highest BCUT2D eigenvalue weighted by Gasteiger charge is 2.53. The zero-order valence-electron chi connectivity index (χ0n) is 22.0. The van der Waals surface area contributed by atoms with Crippen LogP contribution in [0.4, 0.5) is 0 Å². The van der Waals surface area contributed by atoms with Crippen LogP contribution < -0.4 is 5.32 Å². The van der Waals surface area contributed by atoms with Gasteiger partial charge in [-0.1, -0.05) is 5.21 Å². The first-order chi connectivity index (χ1) is 18.5. The summed E-state index contributed by atoms with van der Waals surface area (Å²) in [5.41, 5.74) is 0.358. The van der Waals surface area contributed by atoms with Gasteiger partial charge in [-0.25, -0.2) is 4.68 Å². The third kappa shape index (κ3) is 8.63. The Morgan fingerprint density at radius 1 is 0.897 bits per heavy atom. The second-order valence-electron chi connectivity index (χ2n) is 8.73. The summed E-state index contributed by atoms with van der Waals surface area (Å²) in [6, 6.07) is 3.73. The molecule has 1 fully saturated rings. The lowest BCUT2D eigenvalue weighted by Crippen LogP contribution is -2.60. The molecule has 1 amide bonds. The van der Waals surface area contributed by atoms with Crippen LogP contribution in [0.1, 0.15) is 46.0 Å². The van der Waals surface area contributed by atoms with E-state index in [4.69, 9.17) is 23.7 Å². The first kappa shape index (κ1) is 29.3. The monoisotopic (exact) mass is 549 g/mol. The standard InChI is InChI=1S/C24H31N5O10/c1-14(30)35-13-19-21(36-15(2)31)22(37-16(3)32)23(38-17(4)33)24(39-19)29-12-18(26-27-29)11-25-20(34)7-10-28-8-5-6-9-28/h5-6,8-9,12,19,21-24H,7,10-11,13H2,1-4H3,(H,25,34)/t19-,21-,22+,23-,24-/m1/s1. The van der Waals surface area contributed by atoms with E-state index in [1.807, 2.05) is 29.1 Å². The van der Waals surface area contributed by atoms with Crippen molar-refractivity contribution in [3.05, 3.63) is 36.4 Å². The number of carbonyl (C=O) groups is 5. The molecule has 1 aliphatic heterocycles. The van der Waals surface area contributed by atoms with Crippen molar-refractivity contribution in [3.63, 3.8) is 0 Å². The zero-order chi connectivity index (χ0) is 28.5. The lowest BCUT2D eigenvalue weighted by molar-refractivity contribution is -0.270. The number of carbonyl (C=O) groups excluding carboxylic acids is 5. The predicted octanol–water partition coefficient (Wildman–Crippen LogP) is 0.0417. The highest BCUT2D eigenvalue weighted by molar-refractivity contribution is 5.75. The fourth-order valence-corrected chi connectivity index (χ4v) is 3.96. The molecule has 3 heterocycles. The van der Waals surface area contributed by atoms with Gasteiger partial charge in [0.2, 0.25) is 5.91 Å². The molecule has 2 aromatic rings. The molecule has 0 aromatic carbocycles. The summed E-state index contributed by atoms with van der Waals surface area (Å²) in [4.78, 5) is 59.5. The topological polar surface area (TPSA) is 179 Å². The number of hydrogen-bond acceptors (Lipinski definition) is 12. The summed E-state index contributed by atoms with van der Waals surface area (Å²) in [7, 11) is 0. The summed E-state index contributed by atoms with van der Waals surface area (Å²) >= 11 is 0. The SMILES string of the molecule is CC(=O)OC[C@H]1O[C@@H](n2cc(CNC(=O)CCn3cccc3)nn2)[C@H](OC(C)=O)[C@@H](OC(C)=O)[C@@H]1OC(C)=O. The van der Waals surface area contributed by atoms with E-state index in [1.165, 1.54) is 17.8 Å². The Labute approximate surface area is 223 Å². The zero-order valence-corrected chi connectivity index (χ0v) is 22.0. The normalized spacial score (nSPS) is 22.4. The lowest BCUT2D eigenvalue weighted by Gasteiger charge is -2.44. The van der Waals surface area contributed by atoms with Crippen LogP contribution in [0.25, 0.3) is 0 Å². The third-order valence-corrected chi connectivity index (χ3v) is 5.51. The van der Waals surface area contributed by atoms with Gasteiger partial charge >= 0.3 is 23.9 Å². The maximum absolute atomic E-state index is 12.2. The van der Waals surface area contributed by atoms with E-state index in [1.54, 1.807) is 0 Å². The van der Waals surface area contributed by atoms with Crippen molar-refractivity contribution in [3.8, 4) is 0 Å². The van der Waals surface area contributed by atoms with Gasteiger partial charge in [0.25, 0.3) is 0 Å². The third-order valence-electron chi connectivity index (χ3n) is 5.51. The van der Waals surface area contributed by atoms with E-state index in [-0.39, 0.29) is 25.5 Å². The van der Waals surface area contributed by atoms with E-state index in [0.717, 1.165) is 20.8 Å². The molecule has 0 bridgehead atoms. The molecule has 212 valence electrons. The Morgan fingerprint density at radius 3 is 2.13 bits per heavy atom. The van der Waals surface area contributed by atoms with E-state index in [0.29, 0.717) is 12.2 Å². The van der Waals surface area contributed by atoms with Crippen LogP contribution in [-0.4, -0.2) is 80.4 Å². The number of ether oxygens (including phenoxy) is 5. The molecule has 0 radical (unpaired) electrons. The van der Waals surface area contributed by atoms with Crippen LogP contribution in [0.15, 0.2) is 30.7 Å². The van der Waals surface area contributed by atoms with E-state index < -0.39 is 54.5 Å². The fourth-order valence-electron chi connectivity index (χ4n) is 3.96. The van der Waals surface area contributed by atoms with Crippen molar-refractivity contribution in [1.82, 2.24) is 24.9 Å². The van der Waals surface area contributed by atoms with Gasteiger partial charge in [-0.15, -0.1) is 5.10 Å². The Balaban J connectivity index is 1.81. The van der Waals surface area contributed by atoms with Crippen molar-refractivity contribution >= 4 is 29.8 Å². The largest absolute Gasteiger partial charge is 0.463 e. The molecule has 0 unspecified atom stereocenters. The van der Waals surface area contributed by atoms with Gasteiger partial charge in [-0.2, -0.15) is 0 Å². The molecule has 1 N–H and O–H groups in total. The molecule has 39 heavy (non-hydrogen) atoms.